The molecule has 0 spiro atoms. The molecule has 0 saturated carbocycles. The van der Waals surface area contributed by atoms with Gasteiger partial charge in [-0.3, -0.25) is 24.5 Å². The molecule has 2 aliphatic rings. The van der Waals surface area contributed by atoms with E-state index in [2.05, 4.69) is 53.3 Å². The first-order valence-electron chi connectivity index (χ1n) is 21.3. The van der Waals surface area contributed by atoms with Crippen LogP contribution in [-0.4, -0.2) is 91.8 Å². The zero-order valence-corrected chi connectivity index (χ0v) is 37.5. The molecule has 2 fully saturated rings. The molecule has 0 unspecified atom stereocenters. The predicted octanol–water partition coefficient (Wildman–Crippen LogP) is 8.49. The summed E-state index contributed by atoms with van der Waals surface area (Å²) in [6.07, 6.45) is 3.12. The summed E-state index contributed by atoms with van der Waals surface area (Å²) < 4.78 is 35.9. The zero-order chi connectivity index (χ0) is 44.5. The standard InChI is InChI=1S/C47H49ClN8O6S2/c48-36-11-14-41(33-7-3-1-4-8-33)35(27-36)30-54-22-24-55(25-23-54)38-12-15-42-44(28-38)50-32-51-46(42)53-64(60,61)40-13-16-43(45(29-40)56(58)59)52-37(31-63-39-9-5-2-6-10-39)19-26-62-47(57)34-17-20-49-21-18-34/h1-16,27-29,32,34,37,49,52H,17-26,30-31H2,(H,50,51,53)/t37-/m1/s1. The second kappa shape index (κ2) is 20.8. The number of fused-ring (bicyclic) bond motifs is 1. The highest BCUT2D eigenvalue weighted by molar-refractivity contribution is 7.99. The van der Waals surface area contributed by atoms with Gasteiger partial charge >= 0.3 is 5.97 Å². The Labute approximate surface area is 382 Å². The maximum atomic E-state index is 13.9. The van der Waals surface area contributed by atoms with E-state index in [4.69, 9.17) is 16.3 Å². The summed E-state index contributed by atoms with van der Waals surface area (Å²) in [7, 11) is -4.34. The monoisotopic (exact) mass is 920 g/mol. The summed E-state index contributed by atoms with van der Waals surface area (Å²) in [6, 6.07) is 35.1. The molecular formula is C47H49ClN8O6S2. The molecule has 2 aliphatic heterocycles. The number of nitro benzene ring substituents is 1. The molecule has 0 radical (unpaired) electrons. The van der Waals surface area contributed by atoms with E-state index in [1.807, 2.05) is 72.8 Å². The first-order valence-corrected chi connectivity index (χ1v) is 24.1. The number of esters is 1. The Morgan fingerprint density at radius 2 is 1.67 bits per heavy atom. The average Bonchev–Trinajstić information content (AvgIpc) is 3.31. The SMILES string of the molecule is O=C(OCC[C@H](CSc1ccccc1)Nc1ccc(S(=O)(=O)Nc2ncnc3cc(N4CCN(Cc5cc(Cl)ccc5-c5ccccc5)CC4)ccc23)cc1[N+](=O)[O-])C1CCNCC1. The van der Waals surface area contributed by atoms with Gasteiger partial charge in [0.2, 0.25) is 0 Å². The van der Waals surface area contributed by atoms with Crippen molar-refractivity contribution in [1.82, 2.24) is 20.2 Å². The van der Waals surface area contributed by atoms with E-state index >= 15 is 0 Å². The summed E-state index contributed by atoms with van der Waals surface area (Å²) in [6.45, 7) is 5.64. The number of piperazine rings is 1. The van der Waals surface area contributed by atoms with E-state index < -0.39 is 20.6 Å². The Hall–Kier alpha value is -5.78. The minimum atomic E-state index is -4.34. The number of hydrogen-bond donors (Lipinski definition) is 3. The molecule has 3 heterocycles. The maximum absolute atomic E-state index is 13.9. The van der Waals surface area contributed by atoms with Crippen molar-refractivity contribution in [1.29, 1.82) is 0 Å². The van der Waals surface area contributed by atoms with E-state index in [-0.39, 0.29) is 40.9 Å². The third-order valence-corrected chi connectivity index (χ3v) is 14.3. The van der Waals surface area contributed by atoms with E-state index in [0.29, 0.717) is 28.1 Å². The van der Waals surface area contributed by atoms with E-state index in [1.165, 1.54) is 29.6 Å². The van der Waals surface area contributed by atoms with Crippen molar-refractivity contribution in [2.24, 2.45) is 5.92 Å². The lowest BCUT2D eigenvalue weighted by atomic mass is 9.98. The van der Waals surface area contributed by atoms with Gasteiger partial charge in [-0.25, -0.2) is 18.4 Å². The van der Waals surface area contributed by atoms with Gasteiger partial charge in [0.15, 0.2) is 5.82 Å². The number of sulfonamides is 1. The molecule has 3 N–H and O–H groups in total. The molecule has 1 atom stereocenters. The van der Waals surface area contributed by atoms with Gasteiger partial charge in [-0.15, -0.1) is 11.8 Å². The predicted molar refractivity (Wildman–Crippen MR) is 254 cm³/mol. The fourth-order valence-electron chi connectivity index (χ4n) is 8.07. The quantitative estimate of drug-likeness (QED) is 0.0345. The summed E-state index contributed by atoms with van der Waals surface area (Å²) in [4.78, 5) is 38.7. The Bertz CT molecular complexity index is 2690. The topological polar surface area (TPSA) is 172 Å². The molecule has 0 amide bonds. The van der Waals surface area contributed by atoms with Crippen LogP contribution in [0.15, 0.2) is 131 Å². The largest absolute Gasteiger partial charge is 0.465 e. The van der Waals surface area contributed by atoms with Crippen molar-refractivity contribution >= 4 is 73.1 Å². The van der Waals surface area contributed by atoms with Crippen LogP contribution in [0.4, 0.5) is 22.9 Å². The van der Waals surface area contributed by atoms with Crippen molar-refractivity contribution in [3.63, 3.8) is 0 Å². The zero-order valence-electron chi connectivity index (χ0n) is 35.1. The van der Waals surface area contributed by atoms with Crippen molar-refractivity contribution in [3.05, 3.63) is 142 Å². The summed E-state index contributed by atoms with van der Waals surface area (Å²) >= 11 is 8.00. The maximum Gasteiger partial charge on any atom is 0.309 e. The molecule has 8 rings (SSSR count). The van der Waals surface area contributed by atoms with Crippen LogP contribution in [0.25, 0.3) is 22.0 Å². The third-order valence-electron chi connectivity index (χ3n) is 11.5. The number of halogens is 1. The van der Waals surface area contributed by atoms with Crippen LogP contribution in [0.2, 0.25) is 5.02 Å². The molecule has 1 aromatic heterocycles. The number of nitrogens with one attached hydrogen (secondary N) is 3. The number of benzene rings is 5. The lowest BCUT2D eigenvalue weighted by Crippen LogP contribution is -2.46. The van der Waals surface area contributed by atoms with Crippen LogP contribution in [0, 0.1) is 16.0 Å². The van der Waals surface area contributed by atoms with Gasteiger partial charge in [0.05, 0.1) is 27.9 Å². The van der Waals surface area contributed by atoms with Crippen LogP contribution in [0.3, 0.4) is 0 Å². The third kappa shape index (κ3) is 11.3. The van der Waals surface area contributed by atoms with Crippen molar-refractivity contribution in [2.45, 2.75) is 41.6 Å². The number of thioether (sulfide) groups is 1. The number of hydrogen-bond acceptors (Lipinski definition) is 13. The smallest absolute Gasteiger partial charge is 0.309 e. The van der Waals surface area contributed by atoms with Gasteiger partial charge in [-0.2, -0.15) is 0 Å². The lowest BCUT2D eigenvalue weighted by Gasteiger charge is -2.36. The van der Waals surface area contributed by atoms with Gasteiger partial charge in [0.25, 0.3) is 15.7 Å². The molecule has 332 valence electrons. The second-order valence-corrected chi connectivity index (χ2v) is 19.1. The summed E-state index contributed by atoms with van der Waals surface area (Å²) in [5.41, 5.74) is 4.72. The Balaban J connectivity index is 0.929. The van der Waals surface area contributed by atoms with E-state index in [9.17, 15) is 23.3 Å². The van der Waals surface area contributed by atoms with Crippen LogP contribution >= 0.6 is 23.4 Å². The molecule has 17 heteroatoms. The minimum absolute atomic E-state index is 0.0546. The van der Waals surface area contributed by atoms with Gasteiger partial charge in [-0.05, 0) is 97.2 Å². The number of nitro groups is 1. The van der Waals surface area contributed by atoms with Crippen LogP contribution in [-0.2, 0) is 26.1 Å². The number of nitrogens with zero attached hydrogens (tertiary/aromatic N) is 5. The van der Waals surface area contributed by atoms with Crippen LogP contribution in [0.1, 0.15) is 24.8 Å². The van der Waals surface area contributed by atoms with Crippen LogP contribution in [0.5, 0.6) is 0 Å². The molecule has 64 heavy (non-hydrogen) atoms. The number of anilines is 3. The molecule has 0 aliphatic carbocycles. The molecule has 14 nitrogen and oxygen atoms in total. The summed E-state index contributed by atoms with van der Waals surface area (Å²) in [5, 5.41) is 20.1. The van der Waals surface area contributed by atoms with Crippen molar-refractivity contribution < 1.29 is 22.9 Å². The highest BCUT2D eigenvalue weighted by Crippen LogP contribution is 2.33. The molecular weight excluding hydrogens is 872 g/mol. The molecule has 5 aromatic carbocycles. The van der Waals surface area contributed by atoms with E-state index in [0.717, 1.165) is 80.9 Å². The molecule has 0 bridgehead atoms. The number of ether oxygens (including phenoxy) is 1. The minimum Gasteiger partial charge on any atom is -0.465 e. The van der Waals surface area contributed by atoms with Gasteiger partial charge in [0.1, 0.15) is 12.0 Å². The summed E-state index contributed by atoms with van der Waals surface area (Å²) in [5.74, 6) is 0.173. The van der Waals surface area contributed by atoms with Gasteiger partial charge in [0, 0.05) is 78.0 Å². The van der Waals surface area contributed by atoms with Gasteiger partial charge in [-0.1, -0.05) is 66.2 Å². The Morgan fingerprint density at radius 1 is 0.922 bits per heavy atom. The first-order chi connectivity index (χ1) is 31.1. The van der Waals surface area contributed by atoms with Crippen molar-refractivity contribution in [2.75, 3.05) is 66.6 Å². The highest BCUT2D eigenvalue weighted by Gasteiger charge is 2.27. The van der Waals surface area contributed by atoms with E-state index in [1.54, 1.807) is 17.8 Å². The number of carbonyl (C=O) groups excluding carboxylic acids is 1. The lowest BCUT2D eigenvalue weighted by molar-refractivity contribution is -0.384. The molecule has 6 aromatic rings. The number of aromatic nitrogens is 2. The van der Waals surface area contributed by atoms with Crippen molar-refractivity contribution in [3.8, 4) is 11.1 Å². The second-order valence-electron chi connectivity index (χ2n) is 15.8. The normalized spacial score (nSPS) is 15.4. The molecule has 2 saturated heterocycles. The first kappa shape index (κ1) is 44.8. The fraction of sp³-hybridized carbons (Fsp3) is 0.298. The number of carbonyl (C=O) groups is 1. The van der Waals surface area contributed by atoms with Gasteiger partial charge < -0.3 is 20.3 Å². The fourth-order valence-corrected chi connectivity index (χ4v) is 10.3. The number of rotatable bonds is 17. The Morgan fingerprint density at radius 3 is 2.42 bits per heavy atom. The average molecular weight is 922 g/mol. The van der Waals surface area contributed by atoms with Crippen LogP contribution < -0.4 is 20.3 Å². The Kier molecular flexibility index (Phi) is 14.6. The highest BCUT2D eigenvalue weighted by atomic mass is 35.5. The number of piperidine rings is 1.